The van der Waals surface area contributed by atoms with E-state index in [1.165, 1.54) is 0 Å². The zero-order chi connectivity index (χ0) is 12.3. The van der Waals surface area contributed by atoms with Crippen LogP contribution in [0.15, 0.2) is 0 Å². The number of hydrogen-bond acceptors (Lipinski definition) is 4. The van der Waals surface area contributed by atoms with Crippen LogP contribution in [-0.4, -0.2) is 22.4 Å². The van der Waals surface area contributed by atoms with Crippen LogP contribution in [0.25, 0.3) is 0 Å². The maximum Gasteiger partial charge on any atom is 0.327 e. The van der Waals surface area contributed by atoms with Crippen LogP contribution in [0, 0.1) is 19.8 Å². The second-order valence-corrected chi connectivity index (χ2v) is 4.32. The van der Waals surface area contributed by atoms with Gasteiger partial charge >= 0.3 is 5.97 Å². The highest BCUT2D eigenvalue weighted by atomic mass is 16.5. The smallest absolute Gasteiger partial charge is 0.327 e. The van der Waals surface area contributed by atoms with E-state index < -0.39 is 0 Å². The number of nitrogens with two attached hydrogens (primary N) is 1. The van der Waals surface area contributed by atoms with E-state index in [0.717, 1.165) is 11.4 Å². The van der Waals surface area contributed by atoms with E-state index in [9.17, 15) is 4.79 Å². The van der Waals surface area contributed by atoms with Crippen molar-refractivity contribution in [2.75, 3.05) is 12.3 Å². The number of hydrogen-bond donors (Lipinski definition) is 1. The van der Waals surface area contributed by atoms with Gasteiger partial charge in [-0.1, -0.05) is 13.8 Å². The zero-order valence-corrected chi connectivity index (χ0v) is 10.3. The van der Waals surface area contributed by atoms with E-state index in [4.69, 9.17) is 10.5 Å². The second-order valence-electron chi connectivity index (χ2n) is 4.32. The molecule has 16 heavy (non-hydrogen) atoms. The Hall–Kier alpha value is -1.52. The van der Waals surface area contributed by atoms with Crippen LogP contribution in [0.3, 0.4) is 0 Å². The molecule has 0 saturated heterocycles. The van der Waals surface area contributed by atoms with Crippen molar-refractivity contribution in [1.29, 1.82) is 0 Å². The van der Waals surface area contributed by atoms with E-state index >= 15 is 0 Å². The molecule has 0 aliphatic rings. The highest BCUT2D eigenvalue weighted by Gasteiger charge is 2.12. The largest absolute Gasteiger partial charge is 0.464 e. The average molecular weight is 225 g/mol. The summed E-state index contributed by atoms with van der Waals surface area (Å²) in [6.45, 7) is 8.21. The van der Waals surface area contributed by atoms with Crippen LogP contribution in [0.2, 0.25) is 0 Å². The van der Waals surface area contributed by atoms with Gasteiger partial charge in [0.2, 0.25) is 0 Å². The van der Waals surface area contributed by atoms with Crippen LogP contribution in [0.1, 0.15) is 25.2 Å². The molecule has 0 spiro atoms. The summed E-state index contributed by atoms with van der Waals surface area (Å²) in [6, 6.07) is 0. The summed E-state index contributed by atoms with van der Waals surface area (Å²) in [4.78, 5) is 11.5. The molecule has 5 nitrogen and oxygen atoms in total. The Morgan fingerprint density at radius 2 is 2.12 bits per heavy atom. The van der Waals surface area contributed by atoms with Crippen LogP contribution in [0.5, 0.6) is 0 Å². The van der Waals surface area contributed by atoms with Gasteiger partial charge in [-0.05, 0) is 19.8 Å². The Kier molecular flexibility index (Phi) is 3.93. The molecule has 0 saturated carbocycles. The van der Waals surface area contributed by atoms with Gasteiger partial charge in [-0.3, -0.25) is 9.48 Å². The molecule has 0 atom stereocenters. The lowest BCUT2D eigenvalue weighted by Crippen LogP contribution is -2.18. The van der Waals surface area contributed by atoms with E-state index in [0.29, 0.717) is 18.2 Å². The van der Waals surface area contributed by atoms with Gasteiger partial charge < -0.3 is 10.5 Å². The number of carbonyl (C=O) groups is 1. The fourth-order valence-electron chi connectivity index (χ4n) is 1.29. The molecule has 5 heteroatoms. The third kappa shape index (κ3) is 2.98. The molecule has 0 amide bonds. The Morgan fingerprint density at radius 1 is 1.50 bits per heavy atom. The first-order valence-electron chi connectivity index (χ1n) is 5.37. The molecule has 1 rings (SSSR count). The van der Waals surface area contributed by atoms with E-state index in [2.05, 4.69) is 5.10 Å². The summed E-state index contributed by atoms with van der Waals surface area (Å²) >= 11 is 0. The van der Waals surface area contributed by atoms with Crippen LogP contribution < -0.4 is 5.73 Å². The van der Waals surface area contributed by atoms with Crippen molar-refractivity contribution >= 4 is 11.7 Å². The number of anilines is 1. The van der Waals surface area contributed by atoms with Gasteiger partial charge in [0.1, 0.15) is 6.54 Å². The first-order chi connectivity index (χ1) is 7.41. The Balaban J connectivity index is 2.60. The molecule has 0 bridgehead atoms. The maximum absolute atomic E-state index is 11.5. The van der Waals surface area contributed by atoms with Crippen LogP contribution >= 0.6 is 0 Å². The van der Waals surface area contributed by atoms with Crippen molar-refractivity contribution in [1.82, 2.24) is 9.78 Å². The van der Waals surface area contributed by atoms with Gasteiger partial charge in [-0.25, -0.2) is 0 Å². The minimum Gasteiger partial charge on any atom is -0.464 e. The molecular formula is C11H19N3O2. The Labute approximate surface area is 95.6 Å². The lowest BCUT2D eigenvalue weighted by Gasteiger charge is -2.08. The predicted octanol–water partition coefficient (Wildman–Crippen LogP) is 1.28. The standard InChI is InChI=1S/C11H19N3O2/c1-7(2)6-16-10(15)5-14-9(4)11(12)8(3)13-14/h7H,5-6,12H2,1-4H3. The molecule has 0 radical (unpaired) electrons. The summed E-state index contributed by atoms with van der Waals surface area (Å²) in [6.07, 6.45) is 0. The number of ether oxygens (including phenoxy) is 1. The number of aromatic nitrogens is 2. The van der Waals surface area contributed by atoms with Crippen LogP contribution in [0.4, 0.5) is 5.69 Å². The first-order valence-corrected chi connectivity index (χ1v) is 5.37. The summed E-state index contributed by atoms with van der Waals surface area (Å²) < 4.78 is 6.65. The highest BCUT2D eigenvalue weighted by Crippen LogP contribution is 2.14. The van der Waals surface area contributed by atoms with Crippen molar-refractivity contribution in [3.05, 3.63) is 11.4 Å². The molecular weight excluding hydrogens is 206 g/mol. The van der Waals surface area contributed by atoms with Gasteiger partial charge in [0, 0.05) is 0 Å². The summed E-state index contributed by atoms with van der Waals surface area (Å²) in [5.41, 5.74) is 7.95. The lowest BCUT2D eigenvalue weighted by atomic mass is 10.2. The first kappa shape index (κ1) is 12.5. The SMILES string of the molecule is Cc1nn(CC(=O)OCC(C)C)c(C)c1N. The number of esters is 1. The van der Waals surface area contributed by atoms with E-state index in [-0.39, 0.29) is 12.5 Å². The average Bonchev–Trinajstić information content (AvgIpc) is 2.43. The number of nitrogens with zero attached hydrogens (tertiary/aromatic N) is 2. The fourth-order valence-corrected chi connectivity index (χ4v) is 1.29. The van der Waals surface area contributed by atoms with Gasteiger partial charge in [0.15, 0.2) is 0 Å². The van der Waals surface area contributed by atoms with Crippen LogP contribution in [-0.2, 0) is 16.1 Å². The molecule has 0 aromatic carbocycles. The minimum absolute atomic E-state index is 0.122. The molecule has 1 heterocycles. The monoisotopic (exact) mass is 225 g/mol. The summed E-state index contributed by atoms with van der Waals surface area (Å²) in [7, 11) is 0. The zero-order valence-electron chi connectivity index (χ0n) is 10.3. The topological polar surface area (TPSA) is 70.1 Å². The van der Waals surface area contributed by atoms with Crippen molar-refractivity contribution in [2.24, 2.45) is 5.92 Å². The predicted molar refractivity (Wildman–Crippen MR) is 61.9 cm³/mol. The van der Waals surface area contributed by atoms with Gasteiger partial charge in [-0.15, -0.1) is 0 Å². The molecule has 1 aromatic rings. The third-order valence-corrected chi connectivity index (χ3v) is 2.29. The van der Waals surface area contributed by atoms with Crippen molar-refractivity contribution in [3.63, 3.8) is 0 Å². The molecule has 0 fully saturated rings. The number of rotatable bonds is 4. The van der Waals surface area contributed by atoms with E-state index in [1.807, 2.05) is 27.7 Å². The molecule has 0 aliphatic carbocycles. The van der Waals surface area contributed by atoms with Crippen molar-refractivity contribution in [3.8, 4) is 0 Å². The number of aryl methyl sites for hydroxylation is 1. The maximum atomic E-state index is 11.5. The number of carbonyl (C=O) groups excluding carboxylic acids is 1. The highest BCUT2D eigenvalue weighted by molar-refractivity contribution is 5.69. The van der Waals surface area contributed by atoms with Crippen molar-refractivity contribution in [2.45, 2.75) is 34.2 Å². The Morgan fingerprint density at radius 3 is 2.56 bits per heavy atom. The molecule has 0 unspecified atom stereocenters. The molecule has 90 valence electrons. The van der Waals surface area contributed by atoms with Gasteiger partial charge in [0.25, 0.3) is 0 Å². The molecule has 0 aliphatic heterocycles. The summed E-state index contributed by atoms with van der Waals surface area (Å²) in [5, 5.41) is 4.17. The quantitative estimate of drug-likeness (QED) is 0.784. The second kappa shape index (κ2) is 5.01. The summed E-state index contributed by atoms with van der Waals surface area (Å²) in [5.74, 6) is 0.0637. The number of nitrogen functional groups attached to an aromatic ring is 1. The Bertz CT molecular complexity index is 383. The van der Waals surface area contributed by atoms with Gasteiger partial charge in [0.05, 0.1) is 23.7 Å². The molecule has 2 N–H and O–H groups in total. The lowest BCUT2D eigenvalue weighted by molar-refractivity contribution is -0.145. The van der Waals surface area contributed by atoms with Gasteiger partial charge in [-0.2, -0.15) is 5.10 Å². The van der Waals surface area contributed by atoms with E-state index in [1.54, 1.807) is 4.68 Å². The minimum atomic E-state index is -0.278. The normalized spacial score (nSPS) is 10.8. The third-order valence-electron chi connectivity index (χ3n) is 2.29. The molecule has 1 aromatic heterocycles. The van der Waals surface area contributed by atoms with Crippen molar-refractivity contribution < 1.29 is 9.53 Å². The fraction of sp³-hybridized carbons (Fsp3) is 0.636.